The SMILES string of the molecule is COc1ccc(-n2ccn(CC(N)=O)c(=O)c2=O)cc1OC. The molecule has 0 unspecified atom stereocenters. The second-order valence-corrected chi connectivity index (χ2v) is 4.41. The second-order valence-electron chi connectivity index (χ2n) is 4.41. The lowest BCUT2D eigenvalue weighted by Crippen LogP contribution is -2.41. The Morgan fingerprint density at radius 2 is 1.77 bits per heavy atom. The monoisotopic (exact) mass is 305 g/mol. The number of hydrogen-bond donors (Lipinski definition) is 1. The van der Waals surface area contributed by atoms with Gasteiger partial charge in [0.25, 0.3) is 0 Å². The molecule has 0 aliphatic carbocycles. The van der Waals surface area contributed by atoms with Gasteiger partial charge in [-0.3, -0.25) is 23.5 Å². The summed E-state index contributed by atoms with van der Waals surface area (Å²) in [5, 5.41) is 0. The van der Waals surface area contributed by atoms with E-state index in [9.17, 15) is 14.4 Å². The number of aromatic nitrogens is 2. The maximum Gasteiger partial charge on any atom is 0.320 e. The summed E-state index contributed by atoms with van der Waals surface area (Å²) in [5.74, 6) is 0.222. The van der Waals surface area contributed by atoms with E-state index in [2.05, 4.69) is 0 Å². The Morgan fingerprint density at radius 3 is 2.36 bits per heavy atom. The molecule has 8 nitrogen and oxygen atoms in total. The van der Waals surface area contributed by atoms with Crippen molar-refractivity contribution in [3.8, 4) is 17.2 Å². The summed E-state index contributed by atoms with van der Waals surface area (Å²) in [6.07, 6.45) is 2.71. The molecule has 8 heteroatoms. The van der Waals surface area contributed by atoms with Crippen LogP contribution in [0.1, 0.15) is 0 Å². The Labute approximate surface area is 125 Å². The van der Waals surface area contributed by atoms with Gasteiger partial charge in [0.05, 0.1) is 19.9 Å². The van der Waals surface area contributed by atoms with Crippen LogP contribution in [-0.4, -0.2) is 29.3 Å². The number of amides is 1. The minimum atomic E-state index is -0.837. The van der Waals surface area contributed by atoms with Crippen LogP contribution in [0, 0.1) is 0 Å². The van der Waals surface area contributed by atoms with Gasteiger partial charge in [-0.2, -0.15) is 0 Å². The van der Waals surface area contributed by atoms with E-state index >= 15 is 0 Å². The quantitative estimate of drug-likeness (QED) is 0.750. The summed E-state index contributed by atoms with van der Waals surface area (Å²) in [4.78, 5) is 34.9. The van der Waals surface area contributed by atoms with Crippen LogP contribution in [0.15, 0.2) is 40.2 Å². The molecule has 22 heavy (non-hydrogen) atoms. The summed E-state index contributed by atoms with van der Waals surface area (Å²) in [5.41, 5.74) is 3.83. The molecule has 0 spiro atoms. The number of carbonyl (C=O) groups is 1. The first-order chi connectivity index (χ1) is 10.5. The highest BCUT2D eigenvalue weighted by Crippen LogP contribution is 2.28. The molecule has 0 radical (unpaired) electrons. The number of methoxy groups -OCH3 is 2. The molecular weight excluding hydrogens is 290 g/mol. The second kappa shape index (κ2) is 6.17. The van der Waals surface area contributed by atoms with Crippen LogP contribution in [0.4, 0.5) is 0 Å². The predicted octanol–water partition coefficient (Wildman–Crippen LogP) is -0.498. The Kier molecular flexibility index (Phi) is 4.31. The predicted molar refractivity (Wildman–Crippen MR) is 78.6 cm³/mol. The minimum Gasteiger partial charge on any atom is -0.493 e. The van der Waals surface area contributed by atoms with Crippen molar-refractivity contribution in [2.75, 3.05) is 14.2 Å². The number of rotatable bonds is 5. The molecule has 0 bridgehead atoms. The first kappa shape index (κ1) is 15.4. The van der Waals surface area contributed by atoms with Gasteiger partial charge in [-0.15, -0.1) is 0 Å². The lowest BCUT2D eigenvalue weighted by molar-refractivity contribution is -0.118. The molecule has 0 aliphatic rings. The Hall–Kier alpha value is -3.03. The van der Waals surface area contributed by atoms with Gasteiger partial charge < -0.3 is 15.2 Å². The van der Waals surface area contributed by atoms with E-state index in [1.54, 1.807) is 18.2 Å². The normalized spacial score (nSPS) is 10.3. The van der Waals surface area contributed by atoms with Crippen LogP contribution in [0.25, 0.3) is 5.69 Å². The standard InChI is InChI=1S/C14H15N3O5/c1-21-10-4-3-9(7-11(10)22-2)17-6-5-16(8-12(15)18)13(19)14(17)20/h3-7H,8H2,1-2H3,(H2,15,18). The molecule has 0 saturated carbocycles. The van der Waals surface area contributed by atoms with Crippen LogP contribution in [-0.2, 0) is 11.3 Å². The molecular formula is C14H15N3O5. The highest BCUT2D eigenvalue weighted by molar-refractivity contribution is 5.73. The molecule has 1 heterocycles. The lowest BCUT2D eigenvalue weighted by atomic mass is 10.2. The van der Waals surface area contributed by atoms with Crippen molar-refractivity contribution < 1.29 is 14.3 Å². The van der Waals surface area contributed by atoms with E-state index < -0.39 is 17.0 Å². The average molecular weight is 305 g/mol. The van der Waals surface area contributed by atoms with Crippen LogP contribution in [0.2, 0.25) is 0 Å². The Bertz CT molecular complexity index is 822. The average Bonchev–Trinajstić information content (AvgIpc) is 2.51. The summed E-state index contributed by atoms with van der Waals surface area (Å²) in [6.45, 7) is -0.346. The number of primary amides is 1. The Balaban J connectivity index is 2.55. The van der Waals surface area contributed by atoms with Gasteiger partial charge in [0.15, 0.2) is 11.5 Å². The van der Waals surface area contributed by atoms with E-state index in [-0.39, 0.29) is 6.54 Å². The zero-order chi connectivity index (χ0) is 16.3. The van der Waals surface area contributed by atoms with Crippen LogP contribution in [0.5, 0.6) is 11.5 Å². The molecule has 2 N–H and O–H groups in total. The third-order valence-corrected chi connectivity index (χ3v) is 3.03. The van der Waals surface area contributed by atoms with Gasteiger partial charge in [-0.25, -0.2) is 0 Å². The van der Waals surface area contributed by atoms with Gasteiger partial charge in [0.2, 0.25) is 5.91 Å². The summed E-state index contributed by atoms with van der Waals surface area (Å²) in [6, 6.07) is 4.80. The fourth-order valence-electron chi connectivity index (χ4n) is 1.98. The summed E-state index contributed by atoms with van der Waals surface area (Å²) < 4.78 is 12.4. The number of nitrogens with zero attached hydrogens (tertiary/aromatic N) is 2. The summed E-state index contributed by atoms with van der Waals surface area (Å²) in [7, 11) is 2.96. The molecule has 1 aromatic heterocycles. The van der Waals surface area contributed by atoms with Crippen LogP contribution >= 0.6 is 0 Å². The zero-order valence-electron chi connectivity index (χ0n) is 12.1. The number of nitrogens with two attached hydrogens (primary N) is 1. The van der Waals surface area contributed by atoms with Crippen molar-refractivity contribution in [3.63, 3.8) is 0 Å². The molecule has 0 aliphatic heterocycles. The number of benzene rings is 1. The van der Waals surface area contributed by atoms with Gasteiger partial charge in [-0.1, -0.05) is 0 Å². The topological polar surface area (TPSA) is 106 Å². The highest BCUT2D eigenvalue weighted by Gasteiger charge is 2.11. The van der Waals surface area contributed by atoms with E-state index in [0.29, 0.717) is 17.2 Å². The molecule has 1 aromatic carbocycles. The minimum absolute atomic E-state index is 0.346. The van der Waals surface area contributed by atoms with Crippen molar-refractivity contribution in [1.82, 2.24) is 9.13 Å². The largest absolute Gasteiger partial charge is 0.493 e. The number of hydrogen-bond acceptors (Lipinski definition) is 5. The van der Waals surface area contributed by atoms with Gasteiger partial charge >= 0.3 is 11.1 Å². The van der Waals surface area contributed by atoms with Gasteiger partial charge in [0.1, 0.15) is 6.54 Å². The van der Waals surface area contributed by atoms with Gasteiger partial charge in [-0.05, 0) is 12.1 Å². The molecule has 0 fully saturated rings. The van der Waals surface area contributed by atoms with E-state index in [4.69, 9.17) is 15.2 Å². The molecule has 116 valence electrons. The fourth-order valence-corrected chi connectivity index (χ4v) is 1.98. The maximum atomic E-state index is 12.1. The third kappa shape index (κ3) is 2.85. The van der Waals surface area contributed by atoms with Gasteiger partial charge in [0, 0.05) is 18.5 Å². The van der Waals surface area contributed by atoms with Crippen molar-refractivity contribution in [1.29, 1.82) is 0 Å². The van der Waals surface area contributed by atoms with Crippen LogP contribution in [0.3, 0.4) is 0 Å². The Morgan fingerprint density at radius 1 is 1.09 bits per heavy atom. The van der Waals surface area contributed by atoms with Crippen molar-refractivity contribution >= 4 is 5.91 Å². The van der Waals surface area contributed by atoms with E-state index in [1.807, 2.05) is 0 Å². The van der Waals surface area contributed by atoms with E-state index in [1.165, 1.54) is 26.6 Å². The first-order valence-electron chi connectivity index (χ1n) is 6.30. The maximum absolute atomic E-state index is 12.1. The molecule has 2 aromatic rings. The number of ether oxygens (including phenoxy) is 2. The lowest BCUT2D eigenvalue weighted by Gasteiger charge is -2.11. The molecule has 2 rings (SSSR count). The fraction of sp³-hybridized carbons (Fsp3) is 0.214. The van der Waals surface area contributed by atoms with Crippen molar-refractivity contribution in [2.45, 2.75) is 6.54 Å². The van der Waals surface area contributed by atoms with Crippen LogP contribution < -0.4 is 26.3 Å². The van der Waals surface area contributed by atoms with Crippen molar-refractivity contribution in [3.05, 3.63) is 51.3 Å². The number of carbonyl (C=O) groups excluding carboxylic acids is 1. The molecule has 1 amide bonds. The first-order valence-corrected chi connectivity index (χ1v) is 6.30. The third-order valence-electron chi connectivity index (χ3n) is 3.03. The van der Waals surface area contributed by atoms with Crippen molar-refractivity contribution in [2.24, 2.45) is 5.73 Å². The summed E-state index contributed by atoms with van der Waals surface area (Å²) >= 11 is 0. The highest BCUT2D eigenvalue weighted by atomic mass is 16.5. The van der Waals surface area contributed by atoms with E-state index in [0.717, 1.165) is 9.13 Å². The molecule has 0 saturated heterocycles. The smallest absolute Gasteiger partial charge is 0.320 e. The molecule has 0 atom stereocenters. The zero-order valence-corrected chi connectivity index (χ0v) is 12.1.